The van der Waals surface area contributed by atoms with Crippen molar-refractivity contribution in [2.45, 2.75) is 64.2 Å². The zero-order chi connectivity index (χ0) is 18.6. The van der Waals surface area contributed by atoms with Crippen molar-refractivity contribution in [1.82, 2.24) is 4.57 Å². The van der Waals surface area contributed by atoms with E-state index in [0.717, 1.165) is 19.3 Å². The molecule has 2 unspecified atom stereocenters. The number of hydrogen-bond acceptors (Lipinski definition) is 5. The zero-order valence-corrected chi connectivity index (χ0v) is 16.8. The molecule has 1 aliphatic heterocycles. The summed E-state index contributed by atoms with van der Waals surface area (Å²) < 4.78 is 18.5. The molecular weight excluding hydrogens is 390 g/mol. The Labute approximate surface area is 156 Å². The molecular formula is C18H26BrNO5. The monoisotopic (exact) mass is 415 g/mol. The fraction of sp³-hybridized carbons (Fsp3) is 0.667. The third kappa shape index (κ3) is 5.57. The second-order valence-electron chi connectivity index (χ2n) is 7.21. The van der Waals surface area contributed by atoms with Crippen LogP contribution in [0.3, 0.4) is 0 Å². The van der Waals surface area contributed by atoms with E-state index in [1.807, 2.05) is 20.8 Å². The van der Waals surface area contributed by atoms with Crippen LogP contribution in [0.15, 0.2) is 21.5 Å². The summed E-state index contributed by atoms with van der Waals surface area (Å²) in [6, 6.07) is 0.648. The topological polar surface area (TPSA) is 66.8 Å². The lowest BCUT2D eigenvalue weighted by molar-refractivity contribution is -0.160. The maximum atomic E-state index is 12.8. The number of esters is 1. The van der Waals surface area contributed by atoms with Gasteiger partial charge in [0.15, 0.2) is 0 Å². The molecule has 0 bridgehead atoms. The Morgan fingerprint density at radius 2 is 2.16 bits per heavy atom. The molecule has 0 saturated carbocycles. The van der Waals surface area contributed by atoms with E-state index in [4.69, 9.17) is 14.2 Å². The lowest BCUT2D eigenvalue weighted by Crippen LogP contribution is -2.37. The first-order valence-electron chi connectivity index (χ1n) is 8.51. The highest BCUT2D eigenvalue weighted by Gasteiger charge is 2.31. The van der Waals surface area contributed by atoms with Crippen LogP contribution in [0, 0.1) is 0 Å². The summed E-state index contributed by atoms with van der Waals surface area (Å²) in [5, 5.41) is 0. The quantitative estimate of drug-likeness (QED) is 0.688. The number of ether oxygens (including phenoxy) is 3. The van der Waals surface area contributed by atoms with Gasteiger partial charge in [-0.25, -0.2) is 4.79 Å². The Bertz CT molecular complexity index is 658. The molecule has 6 nitrogen and oxygen atoms in total. The Morgan fingerprint density at radius 1 is 1.44 bits per heavy atom. The third-order valence-corrected chi connectivity index (χ3v) is 4.61. The lowest BCUT2D eigenvalue weighted by atomic mass is 10.0. The fourth-order valence-electron chi connectivity index (χ4n) is 2.83. The molecule has 0 amide bonds. The van der Waals surface area contributed by atoms with Gasteiger partial charge in [0, 0.05) is 19.1 Å². The first-order chi connectivity index (χ1) is 11.7. The van der Waals surface area contributed by atoms with Crippen LogP contribution in [0.2, 0.25) is 0 Å². The molecule has 1 aliphatic rings. The van der Waals surface area contributed by atoms with Gasteiger partial charge in [-0.3, -0.25) is 9.36 Å². The molecule has 0 aliphatic carbocycles. The molecule has 0 aromatic carbocycles. The van der Waals surface area contributed by atoms with E-state index < -0.39 is 17.6 Å². The predicted molar refractivity (Wildman–Crippen MR) is 98.0 cm³/mol. The number of methoxy groups -OCH3 is 1. The summed E-state index contributed by atoms with van der Waals surface area (Å²) in [6.45, 7) is 6.11. The van der Waals surface area contributed by atoms with E-state index >= 15 is 0 Å². The van der Waals surface area contributed by atoms with Crippen molar-refractivity contribution in [2.24, 2.45) is 0 Å². The van der Waals surface area contributed by atoms with Gasteiger partial charge in [0.05, 0.1) is 23.9 Å². The van der Waals surface area contributed by atoms with Crippen LogP contribution in [0.1, 0.15) is 52.5 Å². The van der Waals surface area contributed by atoms with Crippen LogP contribution in [0.25, 0.3) is 0 Å². The van der Waals surface area contributed by atoms with Gasteiger partial charge in [-0.1, -0.05) is 0 Å². The van der Waals surface area contributed by atoms with Crippen molar-refractivity contribution in [3.8, 4) is 5.75 Å². The summed E-state index contributed by atoms with van der Waals surface area (Å²) in [4.78, 5) is 25.3. The van der Waals surface area contributed by atoms with Crippen molar-refractivity contribution < 1.29 is 19.0 Å². The molecule has 1 aromatic heterocycles. The Kier molecular flexibility index (Phi) is 6.68. The number of rotatable bonds is 5. The van der Waals surface area contributed by atoms with Gasteiger partial charge in [0.1, 0.15) is 17.4 Å². The summed E-state index contributed by atoms with van der Waals surface area (Å²) in [6.07, 6.45) is 4.85. The first-order valence-corrected chi connectivity index (χ1v) is 9.30. The number of aromatic nitrogens is 1. The minimum absolute atomic E-state index is 0.0622. The minimum atomic E-state index is -0.753. The van der Waals surface area contributed by atoms with E-state index in [-0.39, 0.29) is 11.7 Å². The minimum Gasteiger partial charge on any atom is -0.494 e. The normalized spacial score (nSPS) is 19.3. The molecule has 140 valence electrons. The van der Waals surface area contributed by atoms with Crippen LogP contribution >= 0.6 is 15.9 Å². The van der Waals surface area contributed by atoms with E-state index in [2.05, 4.69) is 15.9 Å². The van der Waals surface area contributed by atoms with Crippen LogP contribution in [0.4, 0.5) is 0 Å². The molecule has 1 fully saturated rings. The summed E-state index contributed by atoms with van der Waals surface area (Å²) in [5.41, 5.74) is -0.925. The fourth-order valence-corrected chi connectivity index (χ4v) is 3.29. The van der Waals surface area contributed by atoms with Crippen LogP contribution in [-0.4, -0.2) is 36.0 Å². The second kappa shape index (κ2) is 8.36. The molecule has 25 heavy (non-hydrogen) atoms. The van der Waals surface area contributed by atoms with Gasteiger partial charge in [0.2, 0.25) is 0 Å². The number of pyridine rings is 1. The number of carbonyl (C=O) groups excluding carboxylic acids is 1. The van der Waals surface area contributed by atoms with E-state index in [1.54, 1.807) is 6.20 Å². The summed E-state index contributed by atoms with van der Waals surface area (Å²) >= 11 is 3.30. The van der Waals surface area contributed by atoms with Gasteiger partial charge >= 0.3 is 5.97 Å². The molecule has 7 heteroatoms. The zero-order valence-electron chi connectivity index (χ0n) is 15.2. The highest BCUT2D eigenvalue weighted by atomic mass is 79.9. The van der Waals surface area contributed by atoms with Crippen molar-refractivity contribution >= 4 is 21.9 Å². The van der Waals surface area contributed by atoms with Crippen molar-refractivity contribution in [3.63, 3.8) is 0 Å². The molecule has 0 spiro atoms. The van der Waals surface area contributed by atoms with Gasteiger partial charge < -0.3 is 14.2 Å². The van der Waals surface area contributed by atoms with Crippen LogP contribution in [0.5, 0.6) is 5.75 Å². The SMILES string of the molecule is COc1cn(C(CC2CCCCO2)C(=O)OC(C)(C)C)c(=O)cc1Br. The van der Waals surface area contributed by atoms with Gasteiger partial charge in [-0.15, -0.1) is 0 Å². The molecule has 0 radical (unpaired) electrons. The van der Waals surface area contributed by atoms with Crippen LogP contribution < -0.4 is 10.3 Å². The van der Waals surface area contributed by atoms with Crippen molar-refractivity contribution in [2.75, 3.05) is 13.7 Å². The van der Waals surface area contributed by atoms with E-state index in [9.17, 15) is 9.59 Å². The Balaban J connectivity index is 2.36. The van der Waals surface area contributed by atoms with E-state index in [0.29, 0.717) is 23.2 Å². The molecule has 1 saturated heterocycles. The van der Waals surface area contributed by atoms with Crippen molar-refractivity contribution in [3.05, 3.63) is 27.1 Å². The first kappa shape index (κ1) is 20.0. The standard InChI is InChI=1S/C18H26BrNO5/c1-18(2,3)25-17(22)14(9-12-7-5-6-8-24-12)20-11-15(23-4)13(19)10-16(20)21/h10-12,14H,5-9H2,1-4H3. The third-order valence-electron chi connectivity index (χ3n) is 3.99. The average Bonchev–Trinajstić information content (AvgIpc) is 2.52. The largest absolute Gasteiger partial charge is 0.494 e. The number of halogens is 1. The number of carbonyl (C=O) groups is 1. The highest BCUT2D eigenvalue weighted by Crippen LogP contribution is 2.28. The van der Waals surface area contributed by atoms with Crippen molar-refractivity contribution in [1.29, 1.82) is 0 Å². The summed E-state index contributed by atoms with van der Waals surface area (Å²) in [5.74, 6) is 0.0471. The number of hydrogen-bond donors (Lipinski definition) is 0. The molecule has 1 aromatic rings. The van der Waals surface area contributed by atoms with Crippen LogP contribution in [-0.2, 0) is 14.3 Å². The maximum absolute atomic E-state index is 12.8. The van der Waals surface area contributed by atoms with E-state index in [1.165, 1.54) is 17.7 Å². The molecule has 2 atom stereocenters. The molecule has 2 heterocycles. The predicted octanol–water partition coefficient (Wildman–Crippen LogP) is 3.46. The van der Waals surface area contributed by atoms with Gasteiger partial charge in [-0.2, -0.15) is 0 Å². The molecule has 2 rings (SSSR count). The number of nitrogens with zero attached hydrogens (tertiary/aromatic N) is 1. The average molecular weight is 416 g/mol. The lowest BCUT2D eigenvalue weighted by Gasteiger charge is -2.29. The van der Waals surface area contributed by atoms with Gasteiger partial charge in [0.25, 0.3) is 5.56 Å². The summed E-state index contributed by atoms with van der Waals surface area (Å²) in [7, 11) is 1.52. The Hall–Kier alpha value is -1.34. The second-order valence-corrected chi connectivity index (χ2v) is 8.06. The smallest absolute Gasteiger partial charge is 0.329 e. The Morgan fingerprint density at radius 3 is 2.72 bits per heavy atom. The highest BCUT2D eigenvalue weighted by molar-refractivity contribution is 9.10. The molecule has 0 N–H and O–H groups in total. The maximum Gasteiger partial charge on any atom is 0.329 e. The van der Waals surface area contributed by atoms with Gasteiger partial charge in [-0.05, 0) is 56.0 Å².